The second-order valence-corrected chi connectivity index (χ2v) is 8.67. The molecule has 1 amide bonds. The molecule has 5 rings (SSSR count). The molecule has 2 heterocycles. The quantitative estimate of drug-likeness (QED) is 0.350. The van der Waals surface area contributed by atoms with Crippen LogP contribution in [0.1, 0.15) is 24.1 Å². The number of ether oxygens (including phenoxy) is 2. The topological polar surface area (TPSA) is 90.3 Å². The lowest BCUT2D eigenvalue weighted by atomic mass is 9.95. The molecular weight excluding hydrogens is 478 g/mol. The summed E-state index contributed by atoms with van der Waals surface area (Å²) in [5, 5.41) is 11.2. The van der Waals surface area contributed by atoms with Crippen molar-refractivity contribution >= 4 is 29.1 Å². The zero-order valence-electron chi connectivity index (χ0n) is 19.7. The predicted molar refractivity (Wildman–Crippen MR) is 138 cm³/mol. The molecular formula is C27H24ClN5O3. The number of anilines is 2. The zero-order valence-corrected chi connectivity index (χ0v) is 20.5. The summed E-state index contributed by atoms with van der Waals surface area (Å²) in [4.78, 5) is 17.8. The van der Waals surface area contributed by atoms with Gasteiger partial charge in [0.25, 0.3) is 5.91 Å². The second-order valence-electron chi connectivity index (χ2n) is 8.23. The first-order valence-electron chi connectivity index (χ1n) is 11.3. The van der Waals surface area contributed by atoms with E-state index in [0.717, 1.165) is 11.1 Å². The number of fused-ring (bicyclic) bond motifs is 1. The van der Waals surface area contributed by atoms with Gasteiger partial charge in [-0.1, -0.05) is 48.0 Å². The van der Waals surface area contributed by atoms with Crippen LogP contribution in [-0.4, -0.2) is 27.8 Å². The van der Waals surface area contributed by atoms with E-state index in [1.54, 1.807) is 23.9 Å². The lowest BCUT2D eigenvalue weighted by Gasteiger charge is -2.29. The first-order chi connectivity index (χ1) is 17.5. The number of carbonyl (C=O) groups excluding carboxylic acids is 1. The zero-order chi connectivity index (χ0) is 25.1. The number of amides is 1. The number of hydrogen-bond acceptors (Lipinski definition) is 6. The molecule has 1 aliphatic heterocycles. The SMILES string of the molecule is COc1ccccc1NC(=O)C1=C(C)Nc2ncnn2[C@H]1c1ccc(OCc2ccc(Cl)cc2)cc1. The molecule has 8 nitrogen and oxygen atoms in total. The molecule has 9 heteroatoms. The number of para-hydroxylation sites is 2. The van der Waals surface area contributed by atoms with E-state index in [9.17, 15) is 4.79 Å². The summed E-state index contributed by atoms with van der Waals surface area (Å²) in [6.07, 6.45) is 1.47. The van der Waals surface area contributed by atoms with E-state index in [2.05, 4.69) is 20.7 Å². The van der Waals surface area contributed by atoms with Crippen molar-refractivity contribution < 1.29 is 14.3 Å². The van der Waals surface area contributed by atoms with Gasteiger partial charge in [-0.3, -0.25) is 4.79 Å². The van der Waals surface area contributed by atoms with Crippen LogP contribution in [-0.2, 0) is 11.4 Å². The van der Waals surface area contributed by atoms with Crippen molar-refractivity contribution in [2.24, 2.45) is 0 Å². The lowest BCUT2D eigenvalue weighted by Crippen LogP contribution is -2.31. The normalized spacial score (nSPS) is 14.6. The van der Waals surface area contributed by atoms with Gasteiger partial charge in [0.2, 0.25) is 5.95 Å². The van der Waals surface area contributed by atoms with Crippen LogP contribution in [0.3, 0.4) is 0 Å². The Morgan fingerprint density at radius 2 is 1.83 bits per heavy atom. The monoisotopic (exact) mass is 501 g/mol. The molecule has 0 radical (unpaired) electrons. The van der Waals surface area contributed by atoms with Crippen LogP contribution >= 0.6 is 11.6 Å². The van der Waals surface area contributed by atoms with Crippen molar-refractivity contribution in [3.63, 3.8) is 0 Å². The van der Waals surface area contributed by atoms with Crippen molar-refractivity contribution in [2.45, 2.75) is 19.6 Å². The van der Waals surface area contributed by atoms with Crippen LogP contribution < -0.4 is 20.1 Å². The highest BCUT2D eigenvalue weighted by Gasteiger charge is 2.33. The van der Waals surface area contributed by atoms with Crippen LogP contribution in [0.4, 0.5) is 11.6 Å². The Morgan fingerprint density at radius 1 is 1.08 bits per heavy atom. The number of benzene rings is 3. The van der Waals surface area contributed by atoms with Gasteiger partial charge in [-0.25, -0.2) is 4.68 Å². The largest absolute Gasteiger partial charge is 0.495 e. The van der Waals surface area contributed by atoms with E-state index in [-0.39, 0.29) is 5.91 Å². The Hall–Kier alpha value is -4.30. The van der Waals surface area contributed by atoms with Gasteiger partial charge >= 0.3 is 0 Å². The molecule has 3 aromatic carbocycles. The molecule has 182 valence electrons. The van der Waals surface area contributed by atoms with Gasteiger partial charge in [0.15, 0.2) is 0 Å². The third-order valence-corrected chi connectivity index (χ3v) is 6.16. The van der Waals surface area contributed by atoms with Crippen LogP contribution in [0.5, 0.6) is 11.5 Å². The van der Waals surface area contributed by atoms with Crippen molar-refractivity contribution in [3.8, 4) is 11.5 Å². The first-order valence-corrected chi connectivity index (χ1v) is 11.7. The Labute approximate surface area is 213 Å². The molecule has 0 unspecified atom stereocenters. The number of halogens is 1. The summed E-state index contributed by atoms with van der Waals surface area (Å²) in [6.45, 7) is 2.27. The molecule has 4 aromatic rings. The highest BCUT2D eigenvalue weighted by molar-refractivity contribution is 6.30. The highest BCUT2D eigenvalue weighted by atomic mass is 35.5. The van der Waals surface area contributed by atoms with Gasteiger partial charge in [-0.2, -0.15) is 10.1 Å². The fourth-order valence-electron chi connectivity index (χ4n) is 4.12. The van der Waals surface area contributed by atoms with E-state index < -0.39 is 6.04 Å². The molecule has 36 heavy (non-hydrogen) atoms. The molecule has 0 spiro atoms. The molecule has 0 fully saturated rings. The van der Waals surface area contributed by atoms with E-state index in [1.165, 1.54) is 6.33 Å². The van der Waals surface area contributed by atoms with Crippen LogP contribution in [0, 0.1) is 0 Å². The highest BCUT2D eigenvalue weighted by Crippen LogP contribution is 2.36. The fourth-order valence-corrected chi connectivity index (χ4v) is 4.25. The minimum atomic E-state index is -0.483. The third-order valence-electron chi connectivity index (χ3n) is 5.91. The lowest BCUT2D eigenvalue weighted by molar-refractivity contribution is -0.113. The molecule has 2 N–H and O–H groups in total. The maximum Gasteiger partial charge on any atom is 0.255 e. The summed E-state index contributed by atoms with van der Waals surface area (Å²) in [7, 11) is 1.57. The maximum atomic E-state index is 13.6. The molecule has 1 aliphatic rings. The molecule has 0 aliphatic carbocycles. The smallest absolute Gasteiger partial charge is 0.255 e. The second kappa shape index (κ2) is 10.1. The summed E-state index contributed by atoms with van der Waals surface area (Å²) in [5.74, 6) is 1.59. The standard InChI is InChI=1S/C27H24ClN5O3/c1-17-24(26(34)32-22-5-3-4-6-23(22)35-2)25(33-27(31-17)29-16-30-33)19-9-13-21(14-10-19)36-15-18-7-11-20(28)12-8-18/h3-14,16,25H,15H2,1-2H3,(H,32,34)(H,29,30,31)/t25-/m0/s1. The first kappa shape index (κ1) is 23.4. The van der Waals surface area contributed by atoms with Gasteiger partial charge in [0.1, 0.15) is 30.5 Å². The number of nitrogens with zero attached hydrogens (tertiary/aromatic N) is 3. The van der Waals surface area contributed by atoms with Gasteiger partial charge in [0.05, 0.1) is 18.4 Å². The molecule has 0 bridgehead atoms. The summed E-state index contributed by atoms with van der Waals surface area (Å²) >= 11 is 5.96. The number of carbonyl (C=O) groups is 1. The summed E-state index contributed by atoms with van der Waals surface area (Å²) in [6, 6.07) is 22.0. The minimum absolute atomic E-state index is 0.265. The van der Waals surface area contributed by atoms with Crippen molar-refractivity contribution in [3.05, 3.63) is 107 Å². The maximum absolute atomic E-state index is 13.6. The Balaban J connectivity index is 1.41. The van der Waals surface area contributed by atoms with E-state index >= 15 is 0 Å². The number of methoxy groups -OCH3 is 1. The number of hydrogen-bond donors (Lipinski definition) is 2. The van der Waals surface area contributed by atoms with Gasteiger partial charge in [-0.05, 0) is 54.4 Å². The molecule has 0 saturated heterocycles. The fraction of sp³-hybridized carbons (Fsp3) is 0.148. The number of nitrogens with one attached hydrogen (secondary N) is 2. The van der Waals surface area contributed by atoms with Gasteiger partial charge in [0, 0.05) is 10.7 Å². The average molecular weight is 502 g/mol. The van der Waals surface area contributed by atoms with Gasteiger partial charge in [-0.15, -0.1) is 0 Å². The van der Waals surface area contributed by atoms with Crippen molar-refractivity contribution in [2.75, 3.05) is 17.7 Å². The minimum Gasteiger partial charge on any atom is -0.495 e. The molecule has 0 saturated carbocycles. The van der Waals surface area contributed by atoms with Crippen LogP contribution in [0.2, 0.25) is 5.02 Å². The third kappa shape index (κ3) is 4.76. The van der Waals surface area contributed by atoms with Crippen molar-refractivity contribution in [1.29, 1.82) is 0 Å². The van der Waals surface area contributed by atoms with E-state index in [0.29, 0.717) is 46.0 Å². The Bertz CT molecular complexity index is 1410. The van der Waals surface area contributed by atoms with Crippen LogP contribution in [0.25, 0.3) is 0 Å². The van der Waals surface area contributed by atoms with Crippen molar-refractivity contribution in [1.82, 2.24) is 14.8 Å². The predicted octanol–water partition coefficient (Wildman–Crippen LogP) is 5.45. The van der Waals surface area contributed by atoms with E-state index in [4.69, 9.17) is 21.1 Å². The Kier molecular flexibility index (Phi) is 6.60. The number of rotatable bonds is 7. The number of aromatic nitrogens is 3. The van der Waals surface area contributed by atoms with Crippen LogP contribution in [0.15, 0.2) is 90.4 Å². The van der Waals surface area contributed by atoms with Gasteiger partial charge < -0.3 is 20.1 Å². The summed E-state index contributed by atoms with van der Waals surface area (Å²) < 4.78 is 13.0. The average Bonchev–Trinajstić information content (AvgIpc) is 3.36. The Morgan fingerprint density at radius 3 is 2.58 bits per heavy atom. The molecule has 1 aromatic heterocycles. The summed E-state index contributed by atoms with van der Waals surface area (Å²) in [5.41, 5.74) is 3.68. The number of allylic oxidation sites excluding steroid dienone is 1. The van der Waals surface area contributed by atoms with E-state index in [1.807, 2.05) is 67.6 Å². The molecule has 1 atom stereocenters.